The lowest BCUT2D eigenvalue weighted by atomic mass is 10.2. The molecule has 3 N–H and O–H groups in total. The van der Waals surface area contributed by atoms with E-state index in [4.69, 9.17) is 28.9 Å². The molecule has 3 rings (SSSR count). The van der Waals surface area contributed by atoms with Gasteiger partial charge in [-0.3, -0.25) is 14.5 Å². The Morgan fingerprint density at radius 2 is 2.09 bits per heavy atom. The van der Waals surface area contributed by atoms with E-state index in [-0.39, 0.29) is 10.9 Å². The van der Waals surface area contributed by atoms with Gasteiger partial charge in [0.05, 0.1) is 38.9 Å². The van der Waals surface area contributed by atoms with E-state index in [9.17, 15) is 4.79 Å². The second-order valence-electron chi connectivity index (χ2n) is 4.83. The van der Waals surface area contributed by atoms with Gasteiger partial charge in [0.1, 0.15) is 5.82 Å². The second-order valence-corrected chi connectivity index (χ2v) is 5.65. The third-order valence-corrected chi connectivity index (χ3v) is 4.08. The molecule has 2 aromatic heterocycles. The van der Waals surface area contributed by atoms with Crippen molar-refractivity contribution in [3.8, 4) is 5.69 Å². The zero-order valence-electron chi connectivity index (χ0n) is 11.7. The van der Waals surface area contributed by atoms with Gasteiger partial charge >= 0.3 is 0 Å². The molecule has 22 heavy (non-hydrogen) atoms. The predicted octanol–water partition coefficient (Wildman–Crippen LogP) is 2.83. The van der Waals surface area contributed by atoms with Crippen LogP contribution in [0.25, 0.3) is 16.6 Å². The van der Waals surface area contributed by atoms with E-state index >= 15 is 0 Å². The number of benzene rings is 1. The number of nitrogens with zero attached hydrogens (tertiary/aromatic N) is 3. The third kappa shape index (κ3) is 2.29. The number of fused-ring (bicyclic) bond motifs is 1. The summed E-state index contributed by atoms with van der Waals surface area (Å²) >= 11 is 12.3. The molecular formula is C14H13Cl2N5O. The van der Waals surface area contributed by atoms with E-state index in [0.717, 1.165) is 0 Å². The summed E-state index contributed by atoms with van der Waals surface area (Å²) in [5.41, 5.74) is 6.71. The van der Waals surface area contributed by atoms with Crippen molar-refractivity contribution in [2.75, 3.05) is 0 Å². The summed E-state index contributed by atoms with van der Waals surface area (Å²) in [6, 6.07) is 2.78. The molecule has 1 aromatic carbocycles. The van der Waals surface area contributed by atoms with E-state index in [2.05, 4.69) is 15.2 Å². The zero-order chi connectivity index (χ0) is 15.9. The smallest absolute Gasteiger partial charge is 0.267 e. The molecular weight excluding hydrogens is 325 g/mol. The Morgan fingerprint density at radius 3 is 2.73 bits per heavy atom. The fourth-order valence-electron chi connectivity index (χ4n) is 2.28. The standard InChI is InChI=1S/C14H13Cl2N5O/c1-2-10(17)13-20-12-9(16)4-3-8(15)11(12)14(22)21(13)7-5-18-19-6-7/h3-6,10H,2,17H2,1H3,(H,18,19)/t10-/m0/s1. The van der Waals surface area contributed by atoms with Crippen molar-refractivity contribution in [1.82, 2.24) is 19.7 Å². The van der Waals surface area contributed by atoms with E-state index < -0.39 is 6.04 Å². The molecule has 2 heterocycles. The molecule has 0 aliphatic carbocycles. The first-order valence-electron chi connectivity index (χ1n) is 6.70. The lowest BCUT2D eigenvalue weighted by Crippen LogP contribution is -2.28. The van der Waals surface area contributed by atoms with Gasteiger partial charge in [0, 0.05) is 6.20 Å². The molecule has 114 valence electrons. The lowest BCUT2D eigenvalue weighted by molar-refractivity contribution is 0.623. The summed E-state index contributed by atoms with van der Waals surface area (Å²) in [5.74, 6) is 0.422. The zero-order valence-corrected chi connectivity index (χ0v) is 13.2. The fraction of sp³-hybridized carbons (Fsp3) is 0.214. The molecule has 3 aromatic rings. The minimum atomic E-state index is -0.415. The minimum Gasteiger partial charge on any atom is -0.321 e. The van der Waals surface area contributed by atoms with Crippen molar-refractivity contribution in [3.63, 3.8) is 0 Å². The maximum Gasteiger partial charge on any atom is 0.267 e. The maximum absolute atomic E-state index is 12.9. The van der Waals surface area contributed by atoms with Gasteiger partial charge in [0.15, 0.2) is 0 Å². The number of aromatic amines is 1. The first kappa shape index (κ1) is 15.0. The largest absolute Gasteiger partial charge is 0.321 e. The van der Waals surface area contributed by atoms with Gasteiger partial charge in [-0.15, -0.1) is 0 Å². The molecule has 0 saturated heterocycles. The van der Waals surface area contributed by atoms with Gasteiger partial charge in [-0.2, -0.15) is 5.10 Å². The SMILES string of the molecule is CC[C@H](N)c1nc2c(Cl)ccc(Cl)c2c(=O)n1-c1cn[nH]c1. The van der Waals surface area contributed by atoms with Crippen LogP contribution < -0.4 is 11.3 Å². The molecule has 1 atom stereocenters. The first-order valence-corrected chi connectivity index (χ1v) is 7.45. The summed E-state index contributed by atoms with van der Waals surface area (Å²) < 4.78 is 1.42. The lowest BCUT2D eigenvalue weighted by Gasteiger charge is -2.17. The van der Waals surface area contributed by atoms with Gasteiger partial charge in [0.25, 0.3) is 5.56 Å². The molecule has 0 spiro atoms. The van der Waals surface area contributed by atoms with Crippen molar-refractivity contribution in [2.45, 2.75) is 19.4 Å². The van der Waals surface area contributed by atoms with Crippen molar-refractivity contribution >= 4 is 34.1 Å². The van der Waals surface area contributed by atoms with Crippen molar-refractivity contribution < 1.29 is 0 Å². The molecule has 0 radical (unpaired) electrons. The Kier molecular flexibility index (Phi) is 3.90. The highest BCUT2D eigenvalue weighted by Gasteiger charge is 2.20. The molecule has 0 amide bonds. The number of halogens is 2. The van der Waals surface area contributed by atoms with E-state index in [1.165, 1.54) is 10.8 Å². The fourth-order valence-corrected chi connectivity index (χ4v) is 2.71. The van der Waals surface area contributed by atoms with Crippen LogP contribution in [-0.4, -0.2) is 19.7 Å². The number of aromatic nitrogens is 4. The number of nitrogens with one attached hydrogen (secondary N) is 1. The average molecular weight is 338 g/mol. The highest BCUT2D eigenvalue weighted by Crippen LogP contribution is 2.28. The van der Waals surface area contributed by atoms with Gasteiger partial charge in [-0.05, 0) is 18.6 Å². The quantitative estimate of drug-likeness (QED) is 0.768. The summed E-state index contributed by atoms with van der Waals surface area (Å²) in [6.07, 6.45) is 3.74. The summed E-state index contributed by atoms with van der Waals surface area (Å²) in [7, 11) is 0. The molecule has 0 unspecified atom stereocenters. The molecule has 0 aliphatic rings. The summed E-state index contributed by atoms with van der Waals surface area (Å²) in [6.45, 7) is 1.92. The van der Waals surface area contributed by atoms with Crippen LogP contribution in [0.15, 0.2) is 29.3 Å². The molecule has 0 fully saturated rings. The van der Waals surface area contributed by atoms with Crippen LogP contribution in [0, 0.1) is 0 Å². The number of hydrogen-bond acceptors (Lipinski definition) is 4. The van der Waals surface area contributed by atoms with Crippen molar-refractivity contribution in [1.29, 1.82) is 0 Å². The normalized spacial score (nSPS) is 12.7. The molecule has 6 nitrogen and oxygen atoms in total. The Labute approximate surface area is 135 Å². The third-order valence-electron chi connectivity index (χ3n) is 3.46. The molecule has 0 aliphatic heterocycles. The highest BCUT2D eigenvalue weighted by molar-refractivity contribution is 6.39. The van der Waals surface area contributed by atoms with Crippen LogP contribution in [-0.2, 0) is 0 Å². The van der Waals surface area contributed by atoms with Gasteiger partial charge in [-0.1, -0.05) is 30.1 Å². The number of hydrogen-bond donors (Lipinski definition) is 2. The Bertz CT molecular complexity index is 888. The number of nitrogens with two attached hydrogens (primary N) is 1. The second kappa shape index (κ2) is 5.72. The van der Waals surface area contributed by atoms with Crippen LogP contribution >= 0.6 is 23.2 Å². The first-order chi connectivity index (χ1) is 10.5. The van der Waals surface area contributed by atoms with Gasteiger partial charge < -0.3 is 5.73 Å². The number of rotatable bonds is 3. The van der Waals surface area contributed by atoms with Crippen LogP contribution in [0.1, 0.15) is 25.2 Å². The molecule has 0 bridgehead atoms. The predicted molar refractivity (Wildman–Crippen MR) is 86.7 cm³/mol. The highest BCUT2D eigenvalue weighted by atomic mass is 35.5. The Balaban J connectivity index is 2.49. The van der Waals surface area contributed by atoms with E-state index in [1.54, 1.807) is 18.3 Å². The van der Waals surface area contributed by atoms with Crippen LogP contribution in [0.4, 0.5) is 0 Å². The minimum absolute atomic E-state index is 0.266. The van der Waals surface area contributed by atoms with Crippen LogP contribution in [0.2, 0.25) is 10.0 Å². The van der Waals surface area contributed by atoms with Crippen molar-refractivity contribution in [2.24, 2.45) is 5.73 Å². The topological polar surface area (TPSA) is 89.6 Å². The van der Waals surface area contributed by atoms with E-state index in [0.29, 0.717) is 33.5 Å². The molecule has 0 saturated carbocycles. The summed E-state index contributed by atoms with van der Waals surface area (Å²) in [5, 5.41) is 7.47. The molecule has 8 heteroatoms. The van der Waals surface area contributed by atoms with Crippen LogP contribution in [0.3, 0.4) is 0 Å². The Hall–Kier alpha value is -1.89. The average Bonchev–Trinajstić information content (AvgIpc) is 3.03. The van der Waals surface area contributed by atoms with Crippen molar-refractivity contribution in [3.05, 3.63) is 50.7 Å². The van der Waals surface area contributed by atoms with E-state index in [1.807, 2.05) is 6.92 Å². The Morgan fingerprint density at radius 1 is 1.36 bits per heavy atom. The number of H-pyrrole nitrogens is 1. The maximum atomic E-state index is 12.9. The summed E-state index contributed by atoms with van der Waals surface area (Å²) in [4.78, 5) is 17.4. The van der Waals surface area contributed by atoms with Crippen LogP contribution in [0.5, 0.6) is 0 Å². The monoisotopic (exact) mass is 337 g/mol. The van der Waals surface area contributed by atoms with Gasteiger partial charge in [0.2, 0.25) is 0 Å². The van der Waals surface area contributed by atoms with Gasteiger partial charge in [-0.25, -0.2) is 4.98 Å².